The molecule has 0 bridgehead atoms. The van der Waals surface area contributed by atoms with Crippen LogP contribution < -0.4 is 5.32 Å². The summed E-state index contributed by atoms with van der Waals surface area (Å²) in [6.45, 7) is 12.5. The lowest BCUT2D eigenvalue weighted by atomic mass is 10.1. The molecule has 2 unspecified atom stereocenters. The van der Waals surface area contributed by atoms with Crippen LogP contribution in [0.4, 0.5) is 0 Å². The third-order valence-corrected chi connectivity index (χ3v) is 3.06. The van der Waals surface area contributed by atoms with Crippen LogP contribution in [0.25, 0.3) is 0 Å². The van der Waals surface area contributed by atoms with Crippen LogP contribution in [0.2, 0.25) is 0 Å². The van der Waals surface area contributed by atoms with E-state index in [-0.39, 0.29) is 0 Å². The fourth-order valence-corrected chi connectivity index (χ4v) is 1.59. The van der Waals surface area contributed by atoms with Gasteiger partial charge in [0.15, 0.2) is 0 Å². The van der Waals surface area contributed by atoms with E-state index in [0.717, 1.165) is 51.5 Å². The van der Waals surface area contributed by atoms with Crippen LogP contribution in [0.3, 0.4) is 0 Å². The summed E-state index contributed by atoms with van der Waals surface area (Å²) in [6, 6.07) is 0. The Kier molecular flexibility index (Phi) is 11.9. The normalized spacial score (nSPS) is 15.0. The average Bonchev–Trinajstić information content (AvgIpc) is 2.32. The summed E-state index contributed by atoms with van der Waals surface area (Å²) in [5.41, 5.74) is 0. The van der Waals surface area contributed by atoms with Crippen molar-refractivity contribution < 1.29 is 9.47 Å². The van der Waals surface area contributed by atoms with Crippen molar-refractivity contribution in [2.24, 2.45) is 11.8 Å². The minimum atomic E-state index is 0.353. The highest BCUT2D eigenvalue weighted by atomic mass is 16.5. The zero-order chi connectivity index (χ0) is 13.8. The molecule has 18 heavy (non-hydrogen) atoms. The number of nitrogens with one attached hydrogen (secondary N) is 1. The first-order chi connectivity index (χ1) is 8.56. The highest BCUT2D eigenvalue weighted by molar-refractivity contribution is 4.55. The summed E-state index contributed by atoms with van der Waals surface area (Å²) in [7, 11) is 1.98. The molecule has 0 aliphatic rings. The molecule has 0 saturated carbocycles. The van der Waals surface area contributed by atoms with Gasteiger partial charge in [-0.1, -0.05) is 20.8 Å². The zero-order valence-corrected chi connectivity index (χ0v) is 13.0. The van der Waals surface area contributed by atoms with Gasteiger partial charge >= 0.3 is 0 Å². The fraction of sp³-hybridized carbons (Fsp3) is 1.00. The zero-order valence-electron chi connectivity index (χ0n) is 13.0. The second kappa shape index (κ2) is 11.9. The molecule has 3 nitrogen and oxygen atoms in total. The number of rotatable bonds is 12. The van der Waals surface area contributed by atoms with Gasteiger partial charge < -0.3 is 14.8 Å². The first-order valence-corrected chi connectivity index (χ1v) is 7.40. The second-order valence-electron chi connectivity index (χ2n) is 5.72. The topological polar surface area (TPSA) is 30.5 Å². The smallest absolute Gasteiger partial charge is 0.0559 e. The average molecular weight is 259 g/mol. The lowest BCUT2D eigenvalue weighted by molar-refractivity contribution is 0.0369. The van der Waals surface area contributed by atoms with Crippen LogP contribution in [0.15, 0.2) is 0 Å². The van der Waals surface area contributed by atoms with E-state index in [1.807, 2.05) is 7.05 Å². The van der Waals surface area contributed by atoms with Crippen LogP contribution in [0.5, 0.6) is 0 Å². The lowest BCUT2D eigenvalue weighted by Gasteiger charge is -2.16. The van der Waals surface area contributed by atoms with Crippen molar-refractivity contribution in [3.05, 3.63) is 0 Å². The molecule has 0 aromatic carbocycles. The van der Waals surface area contributed by atoms with Gasteiger partial charge in [-0.3, -0.25) is 0 Å². The van der Waals surface area contributed by atoms with Gasteiger partial charge in [-0.05, 0) is 51.6 Å². The molecule has 0 radical (unpaired) electrons. The van der Waals surface area contributed by atoms with Gasteiger partial charge in [0.1, 0.15) is 0 Å². The molecule has 0 heterocycles. The van der Waals surface area contributed by atoms with E-state index in [0.29, 0.717) is 12.0 Å². The number of hydrogen-bond acceptors (Lipinski definition) is 3. The van der Waals surface area contributed by atoms with Crippen molar-refractivity contribution >= 4 is 0 Å². The highest BCUT2D eigenvalue weighted by Crippen LogP contribution is 2.07. The van der Waals surface area contributed by atoms with E-state index in [2.05, 4.69) is 33.0 Å². The van der Waals surface area contributed by atoms with E-state index in [1.165, 1.54) is 0 Å². The maximum Gasteiger partial charge on any atom is 0.0559 e. The molecule has 0 amide bonds. The largest absolute Gasteiger partial charge is 0.381 e. The summed E-state index contributed by atoms with van der Waals surface area (Å²) in [5.74, 6) is 1.32. The predicted molar refractivity (Wildman–Crippen MR) is 78.0 cm³/mol. The highest BCUT2D eigenvalue weighted by Gasteiger charge is 2.05. The van der Waals surface area contributed by atoms with E-state index < -0.39 is 0 Å². The Labute approximate surface area is 114 Å². The Balaban J connectivity index is 3.33. The Morgan fingerprint density at radius 3 is 2.28 bits per heavy atom. The van der Waals surface area contributed by atoms with Gasteiger partial charge in [-0.15, -0.1) is 0 Å². The Bertz CT molecular complexity index is 174. The van der Waals surface area contributed by atoms with Gasteiger partial charge in [0.2, 0.25) is 0 Å². The Hall–Kier alpha value is -0.120. The molecule has 0 aliphatic carbocycles. The molecule has 3 heteroatoms. The molecule has 0 aromatic heterocycles. The van der Waals surface area contributed by atoms with E-state index in [9.17, 15) is 0 Å². The monoisotopic (exact) mass is 259 g/mol. The fourth-order valence-electron chi connectivity index (χ4n) is 1.59. The number of hydrogen-bond donors (Lipinski definition) is 1. The third-order valence-electron chi connectivity index (χ3n) is 3.06. The molecular weight excluding hydrogens is 226 g/mol. The van der Waals surface area contributed by atoms with Crippen molar-refractivity contribution in [1.29, 1.82) is 0 Å². The quantitative estimate of drug-likeness (QED) is 0.546. The lowest BCUT2D eigenvalue weighted by Crippen LogP contribution is -2.19. The van der Waals surface area contributed by atoms with E-state index in [4.69, 9.17) is 9.47 Å². The predicted octanol–water partition coefficient (Wildman–Crippen LogP) is 3.09. The molecule has 0 saturated heterocycles. The standard InChI is InChI=1S/C15H33NO2/c1-13(2)7-10-17-12-14(3)8-11-18-15(4)6-9-16-5/h13-16H,6-12H2,1-5H3. The van der Waals surface area contributed by atoms with Crippen molar-refractivity contribution in [3.63, 3.8) is 0 Å². The molecule has 0 rings (SSSR count). The van der Waals surface area contributed by atoms with Gasteiger partial charge in [0.25, 0.3) is 0 Å². The van der Waals surface area contributed by atoms with Crippen molar-refractivity contribution in [2.45, 2.75) is 53.1 Å². The third kappa shape index (κ3) is 12.3. The minimum Gasteiger partial charge on any atom is -0.381 e. The Morgan fingerprint density at radius 1 is 0.944 bits per heavy atom. The molecule has 0 aliphatic heterocycles. The van der Waals surface area contributed by atoms with Crippen molar-refractivity contribution in [1.82, 2.24) is 5.32 Å². The molecular formula is C15H33NO2. The summed E-state index contributed by atoms with van der Waals surface area (Å²) >= 11 is 0. The van der Waals surface area contributed by atoms with Crippen LogP contribution in [-0.2, 0) is 9.47 Å². The SMILES string of the molecule is CNCCC(C)OCCC(C)COCCC(C)C. The molecule has 1 N–H and O–H groups in total. The van der Waals surface area contributed by atoms with Gasteiger partial charge in [0, 0.05) is 19.8 Å². The molecule has 0 spiro atoms. The van der Waals surface area contributed by atoms with Gasteiger partial charge in [-0.2, -0.15) is 0 Å². The minimum absolute atomic E-state index is 0.353. The van der Waals surface area contributed by atoms with Gasteiger partial charge in [-0.25, -0.2) is 0 Å². The van der Waals surface area contributed by atoms with Crippen LogP contribution in [-0.4, -0.2) is 39.5 Å². The molecule has 2 atom stereocenters. The van der Waals surface area contributed by atoms with E-state index >= 15 is 0 Å². The van der Waals surface area contributed by atoms with E-state index in [1.54, 1.807) is 0 Å². The summed E-state index contributed by atoms with van der Waals surface area (Å²) in [5, 5.41) is 3.14. The van der Waals surface area contributed by atoms with Gasteiger partial charge in [0.05, 0.1) is 6.10 Å². The summed E-state index contributed by atoms with van der Waals surface area (Å²) in [6.07, 6.45) is 3.68. The Morgan fingerprint density at radius 2 is 1.67 bits per heavy atom. The molecule has 0 aromatic rings. The first-order valence-electron chi connectivity index (χ1n) is 7.40. The molecule has 110 valence electrons. The second-order valence-corrected chi connectivity index (χ2v) is 5.72. The first kappa shape index (κ1) is 17.9. The number of ether oxygens (including phenoxy) is 2. The van der Waals surface area contributed by atoms with Crippen LogP contribution in [0, 0.1) is 11.8 Å². The maximum atomic E-state index is 5.76. The summed E-state index contributed by atoms with van der Waals surface area (Å²) in [4.78, 5) is 0. The van der Waals surface area contributed by atoms with Crippen LogP contribution >= 0.6 is 0 Å². The van der Waals surface area contributed by atoms with Crippen LogP contribution in [0.1, 0.15) is 47.0 Å². The molecule has 0 fully saturated rings. The summed E-state index contributed by atoms with van der Waals surface area (Å²) < 4.78 is 11.4. The van der Waals surface area contributed by atoms with Crippen molar-refractivity contribution in [3.8, 4) is 0 Å². The maximum absolute atomic E-state index is 5.76. The van der Waals surface area contributed by atoms with Crippen molar-refractivity contribution in [2.75, 3.05) is 33.4 Å².